The van der Waals surface area contributed by atoms with Crippen molar-refractivity contribution in [3.05, 3.63) is 60.4 Å². The van der Waals surface area contributed by atoms with Gasteiger partial charge >= 0.3 is 0 Å². The summed E-state index contributed by atoms with van der Waals surface area (Å²) < 4.78 is 27.0. The van der Waals surface area contributed by atoms with Crippen LogP contribution in [0.3, 0.4) is 0 Å². The topological polar surface area (TPSA) is 83.0 Å². The molecule has 0 amide bonds. The minimum absolute atomic E-state index is 0.0865. The monoisotopic (exact) mass is 357 g/mol. The van der Waals surface area contributed by atoms with Crippen LogP contribution in [0.15, 0.2) is 48.8 Å². The molecule has 0 saturated heterocycles. The molecule has 0 unspecified atom stereocenters. The molecule has 1 atom stereocenters. The second-order valence-electron chi connectivity index (χ2n) is 5.68. The lowest BCUT2D eigenvalue weighted by atomic mass is 10.2. The molecule has 0 radical (unpaired) electrons. The zero-order valence-electron chi connectivity index (χ0n) is 13.9. The molecule has 3 rings (SSSR count). The maximum atomic E-state index is 13.9. The van der Waals surface area contributed by atoms with Crippen LogP contribution in [0.4, 0.5) is 26.2 Å². The molecule has 2 aromatic heterocycles. The number of aromatic nitrogens is 3. The van der Waals surface area contributed by atoms with Crippen molar-refractivity contribution >= 4 is 17.5 Å². The molecule has 134 valence electrons. The minimum Gasteiger partial charge on any atom is -0.394 e. The van der Waals surface area contributed by atoms with Crippen molar-refractivity contribution in [3.8, 4) is 11.3 Å². The molecule has 26 heavy (non-hydrogen) atoms. The van der Waals surface area contributed by atoms with E-state index in [2.05, 4.69) is 25.6 Å². The van der Waals surface area contributed by atoms with E-state index >= 15 is 0 Å². The number of anilines is 3. The van der Waals surface area contributed by atoms with E-state index in [9.17, 15) is 13.9 Å². The zero-order chi connectivity index (χ0) is 18.5. The lowest BCUT2D eigenvalue weighted by Crippen LogP contribution is -2.21. The average molecular weight is 357 g/mol. The van der Waals surface area contributed by atoms with Gasteiger partial charge in [-0.1, -0.05) is 0 Å². The highest BCUT2D eigenvalue weighted by Crippen LogP contribution is 2.25. The van der Waals surface area contributed by atoms with Crippen molar-refractivity contribution in [2.75, 3.05) is 17.2 Å². The number of halogens is 2. The standard InChI is InChI=1S/C18H17F2N5O/c1-11(10-26)22-18-24-16(12-3-2-6-21-9-12)8-17(25-18)23-15-5-4-13(19)7-14(15)20/h2-9,11,26H,10H2,1H3,(H2,22,23,24,25)/t11-/m0/s1. The average Bonchev–Trinajstić information content (AvgIpc) is 2.64. The van der Waals surface area contributed by atoms with Crippen LogP contribution < -0.4 is 10.6 Å². The van der Waals surface area contributed by atoms with Gasteiger partial charge in [0.15, 0.2) is 0 Å². The summed E-state index contributed by atoms with van der Waals surface area (Å²) in [6, 6.07) is 8.20. The molecule has 3 N–H and O–H groups in total. The Balaban J connectivity index is 1.98. The van der Waals surface area contributed by atoms with E-state index in [4.69, 9.17) is 0 Å². The van der Waals surface area contributed by atoms with Gasteiger partial charge in [-0.05, 0) is 31.2 Å². The number of nitrogens with zero attached hydrogens (tertiary/aromatic N) is 3. The number of hydrogen-bond donors (Lipinski definition) is 3. The number of aliphatic hydroxyl groups is 1. The Morgan fingerprint density at radius 2 is 2.00 bits per heavy atom. The molecular formula is C18H17F2N5O. The Bertz CT molecular complexity index is 892. The van der Waals surface area contributed by atoms with E-state index in [1.54, 1.807) is 31.5 Å². The van der Waals surface area contributed by atoms with E-state index in [-0.39, 0.29) is 24.3 Å². The number of aliphatic hydroxyl groups excluding tert-OH is 1. The normalized spacial score (nSPS) is 11.8. The van der Waals surface area contributed by atoms with Crippen molar-refractivity contribution in [1.82, 2.24) is 15.0 Å². The van der Waals surface area contributed by atoms with Gasteiger partial charge in [-0.25, -0.2) is 13.8 Å². The van der Waals surface area contributed by atoms with Crippen LogP contribution in [-0.2, 0) is 0 Å². The summed E-state index contributed by atoms with van der Waals surface area (Å²) >= 11 is 0. The molecule has 0 aliphatic rings. The Kier molecular flexibility index (Phi) is 5.33. The Morgan fingerprint density at radius 1 is 1.15 bits per heavy atom. The molecule has 6 nitrogen and oxygen atoms in total. The van der Waals surface area contributed by atoms with Crippen molar-refractivity contribution in [2.24, 2.45) is 0 Å². The van der Waals surface area contributed by atoms with Gasteiger partial charge in [-0.15, -0.1) is 0 Å². The number of nitrogens with one attached hydrogen (secondary N) is 2. The third-order valence-corrected chi connectivity index (χ3v) is 3.53. The van der Waals surface area contributed by atoms with Gasteiger partial charge in [0.2, 0.25) is 5.95 Å². The molecule has 0 bridgehead atoms. The molecule has 0 fully saturated rings. The molecule has 2 heterocycles. The summed E-state index contributed by atoms with van der Waals surface area (Å²) in [6.07, 6.45) is 3.29. The van der Waals surface area contributed by atoms with E-state index in [0.717, 1.165) is 17.7 Å². The molecule has 8 heteroatoms. The molecule has 0 aliphatic heterocycles. The lowest BCUT2D eigenvalue weighted by Gasteiger charge is -2.14. The third-order valence-electron chi connectivity index (χ3n) is 3.53. The maximum Gasteiger partial charge on any atom is 0.225 e. The first-order valence-corrected chi connectivity index (χ1v) is 7.94. The Hall–Kier alpha value is -3.13. The second kappa shape index (κ2) is 7.83. The van der Waals surface area contributed by atoms with Gasteiger partial charge < -0.3 is 15.7 Å². The highest BCUT2D eigenvalue weighted by atomic mass is 19.1. The van der Waals surface area contributed by atoms with E-state index in [1.165, 1.54) is 6.07 Å². The molecule has 1 aromatic carbocycles. The molecule has 0 spiro atoms. The predicted molar refractivity (Wildman–Crippen MR) is 95.1 cm³/mol. The van der Waals surface area contributed by atoms with Crippen LogP contribution in [0.1, 0.15) is 6.92 Å². The first-order chi connectivity index (χ1) is 12.5. The first-order valence-electron chi connectivity index (χ1n) is 7.94. The third kappa shape index (κ3) is 4.28. The van der Waals surface area contributed by atoms with Crippen molar-refractivity contribution in [1.29, 1.82) is 0 Å². The van der Waals surface area contributed by atoms with Crippen LogP contribution in [0.2, 0.25) is 0 Å². The summed E-state index contributed by atoms with van der Waals surface area (Å²) in [6.45, 7) is 1.67. The van der Waals surface area contributed by atoms with E-state index in [1.807, 2.05) is 6.07 Å². The van der Waals surface area contributed by atoms with Gasteiger partial charge in [0, 0.05) is 36.1 Å². The fourth-order valence-corrected chi connectivity index (χ4v) is 2.23. The Labute approximate surface area is 149 Å². The summed E-state index contributed by atoms with van der Waals surface area (Å²) in [5.74, 6) is -0.814. The largest absolute Gasteiger partial charge is 0.394 e. The maximum absolute atomic E-state index is 13.9. The fraction of sp³-hybridized carbons (Fsp3) is 0.167. The molecule has 0 aliphatic carbocycles. The van der Waals surface area contributed by atoms with Gasteiger partial charge in [0.05, 0.1) is 18.0 Å². The molecule has 0 saturated carbocycles. The summed E-state index contributed by atoms with van der Waals surface area (Å²) in [7, 11) is 0. The van der Waals surface area contributed by atoms with Crippen LogP contribution in [0, 0.1) is 11.6 Å². The number of rotatable bonds is 6. The van der Waals surface area contributed by atoms with Gasteiger partial charge in [-0.2, -0.15) is 4.98 Å². The predicted octanol–water partition coefficient (Wildman–Crippen LogP) is 3.35. The summed E-state index contributed by atoms with van der Waals surface area (Å²) in [5, 5.41) is 15.0. The van der Waals surface area contributed by atoms with Crippen LogP contribution in [-0.4, -0.2) is 32.7 Å². The fourth-order valence-electron chi connectivity index (χ4n) is 2.23. The first kappa shape index (κ1) is 17.7. The molecular weight excluding hydrogens is 340 g/mol. The van der Waals surface area contributed by atoms with Crippen LogP contribution in [0.5, 0.6) is 0 Å². The van der Waals surface area contributed by atoms with Crippen molar-refractivity contribution in [3.63, 3.8) is 0 Å². The van der Waals surface area contributed by atoms with Crippen LogP contribution in [0.25, 0.3) is 11.3 Å². The smallest absolute Gasteiger partial charge is 0.225 e. The number of benzene rings is 1. The highest BCUT2D eigenvalue weighted by Gasteiger charge is 2.11. The second-order valence-corrected chi connectivity index (χ2v) is 5.68. The van der Waals surface area contributed by atoms with Gasteiger partial charge in [-0.3, -0.25) is 4.98 Å². The summed E-state index contributed by atoms with van der Waals surface area (Å²) in [5.41, 5.74) is 1.39. The Morgan fingerprint density at radius 3 is 2.69 bits per heavy atom. The highest BCUT2D eigenvalue weighted by molar-refractivity contribution is 5.67. The van der Waals surface area contributed by atoms with Gasteiger partial charge in [0.25, 0.3) is 0 Å². The zero-order valence-corrected chi connectivity index (χ0v) is 13.9. The number of hydrogen-bond acceptors (Lipinski definition) is 6. The van der Waals surface area contributed by atoms with Gasteiger partial charge in [0.1, 0.15) is 17.5 Å². The summed E-state index contributed by atoms with van der Waals surface area (Å²) in [4.78, 5) is 12.7. The van der Waals surface area contributed by atoms with Crippen LogP contribution >= 0.6 is 0 Å². The minimum atomic E-state index is -0.732. The SMILES string of the molecule is C[C@@H](CO)Nc1nc(Nc2ccc(F)cc2F)cc(-c2cccnc2)n1. The molecule has 3 aromatic rings. The van der Waals surface area contributed by atoms with E-state index < -0.39 is 11.6 Å². The van der Waals surface area contributed by atoms with E-state index in [0.29, 0.717) is 11.5 Å². The lowest BCUT2D eigenvalue weighted by molar-refractivity contribution is 0.281. The van der Waals surface area contributed by atoms with Crippen molar-refractivity contribution in [2.45, 2.75) is 13.0 Å². The van der Waals surface area contributed by atoms with Crippen molar-refractivity contribution < 1.29 is 13.9 Å². The number of pyridine rings is 1. The quantitative estimate of drug-likeness (QED) is 0.628.